The van der Waals surface area contributed by atoms with Crippen LogP contribution in [0.3, 0.4) is 0 Å². The van der Waals surface area contributed by atoms with Crippen molar-refractivity contribution in [1.29, 1.82) is 5.26 Å². The van der Waals surface area contributed by atoms with Crippen LogP contribution in [0.15, 0.2) is 59.4 Å². The number of rotatable bonds is 6. The lowest BCUT2D eigenvalue weighted by Gasteiger charge is -2.25. The summed E-state index contributed by atoms with van der Waals surface area (Å²) < 4.78 is 2.07. The minimum absolute atomic E-state index is 0.133. The van der Waals surface area contributed by atoms with E-state index in [9.17, 15) is 5.26 Å². The van der Waals surface area contributed by atoms with E-state index >= 15 is 0 Å². The van der Waals surface area contributed by atoms with Gasteiger partial charge in [-0.25, -0.2) is 0 Å². The summed E-state index contributed by atoms with van der Waals surface area (Å²) in [4.78, 5) is 1.88. The first kappa shape index (κ1) is 21.1. The maximum Gasteiger partial charge on any atom is 0.164 e. The molecule has 0 amide bonds. The number of fused-ring (bicyclic) bond motifs is 1. The minimum atomic E-state index is 0.133. The number of nitrogens with zero attached hydrogens (tertiary/aromatic N) is 5. The summed E-state index contributed by atoms with van der Waals surface area (Å²) in [5.74, 6) is 0.935. The molecule has 1 aromatic heterocycles. The Morgan fingerprint density at radius 2 is 2.03 bits per heavy atom. The third-order valence-corrected chi connectivity index (χ3v) is 5.35. The van der Waals surface area contributed by atoms with Crippen LogP contribution < -0.4 is 4.90 Å². The molecule has 30 heavy (non-hydrogen) atoms. The van der Waals surface area contributed by atoms with E-state index in [1.807, 2.05) is 30.3 Å². The second-order valence-electron chi connectivity index (χ2n) is 7.63. The van der Waals surface area contributed by atoms with E-state index in [4.69, 9.17) is 0 Å². The lowest BCUT2D eigenvalue weighted by molar-refractivity contribution is 0.855. The number of aromatic nitrogens is 1. The zero-order valence-electron chi connectivity index (χ0n) is 18.1. The second kappa shape index (κ2) is 8.79. The fourth-order valence-electron chi connectivity index (χ4n) is 3.85. The number of hydrogen-bond acceptors (Lipinski definition) is 3. The Balaban J connectivity index is 2.23. The zero-order chi connectivity index (χ0) is 21.8. The van der Waals surface area contributed by atoms with Gasteiger partial charge in [0, 0.05) is 42.1 Å². The van der Waals surface area contributed by atoms with Crippen LogP contribution in [0.1, 0.15) is 42.0 Å². The van der Waals surface area contributed by atoms with E-state index in [2.05, 4.69) is 85.2 Å². The van der Waals surface area contributed by atoms with Crippen molar-refractivity contribution in [3.63, 3.8) is 0 Å². The van der Waals surface area contributed by atoms with Crippen molar-refractivity contribution < 1.29 is 0 Å². The van der Waals surface area contributed by atoms with Gasteiger partial charge in [0.25, 0.3) is 0 Å². The predicted molar refractivity (Wildman–Crippen MR) is 127 cm³/mol. The first-order valence-corrected chi connectivity index (χ1v) is 9.91. The molecule has 3 rings (SSSR count). The van der Waals surface area contributed by atoms with Crippen LogP contribution in [0.5, 0.6) is 0 Å². The van der Waals surface area contributed by atoms with E-state index in [1.54, 1.807) is 0 Å². The molecule has 0 bridgehead atoms. The molecule has 2 aromatic carbocycles. The molecule has 0 spiro atoms. The summed E-state index contributed by atoms with van der Waals surface area (Å²) in [6, 6.07) is 14.7. The molecule has 0 aliphatic heterocycles. The average molecular weight is 398 g/mol. The fraction of sp³-hybridized carbons (Fsp3) is 0.240. The van der Waals surface area contributed by atoms with Gasteiger partial charge in [0.2, 0.25) is 0 Å². The van der Waals surface area contributed by atoms with Gasteiger partial charge in [-0.05, 0) is 59.9 Å². The van der Waals surface area contributed by atoms with Gasteiger partial charge in [-0.15, -0.1) is 5.10 Å². The van der Waals surface area contributed by atoms with Gasteiger partial charge in [-0.1, -0.05) is 32.6 Å². The molecule has 0 radical (unpaired) electrons. The molecule has 5 nitrogen and oxygen atoms in total. The van der Waals surface area contributed by atoms with Gasteiger partial charge in [0.05, 0.1) is 6.07 Å². The molecule has 0 aliphatic carbocycles. The Hall–Kier alpha value is -3.65. The second-order valence-corrected chi connectivity index (χ2v) is 7.63. The summed E-state index contributed by atoms with van der Waals surface area (Å²) in [6.45, 7) is 14.1. The lowest BCUT2D eigenvalue weighted by Crippen LogP contribution is -2.32. The smallest absolute Gasteiger partial charge is 0.164 e. The number of aryl methyl sites for hydroxylation is 2. The standard InChI is InChI=1S/C25H27N5/c1-7-19-14-18(4)22(17(2)3)16-23(19)25(28-27-5)30(13-11-26)21-8-9-24-20(15-21)10-12-29(24)6/h7-10,12,14-17H,1,5,13H2,2-4,6H3/b28-25-. The normalized spacial score (nSPS) is 11.5. The molecule has 0 aliphatic rings. The van der Waals surface area contributed by atoms with Gasteiger partial charge in [0.15, 0.2) is 5.84 Å². The average Bonchev–Trinajstić information content (AvgIpc) is 3.10. The van der Waals surface area contributed by atoms with Gasteiger partial charge < -0.3 is 9.47 Å². The Kier molecular flexibility index (Phi) is 6.17. The molecule has 1 heterocycles. The highest BCUT2D eigenvalue weighted by atomic mass is 15.3. The number of nitriles is 1. The molecule has 3 aromatic rings. The molecule has 0 unspecified atom stereocenters. The van der Waals surface area contributed by atoms with Crippen molar-refractivity contribution >= 4 is 35.2 Å². The highest BCUT2D eigenvalue weighted by Gasteiger charge is 2.21. The fourth-order valence-corrected chi connectivity index (χ4v) is 3.85. The summed E-state index contributed by atoms with van der Waals surface area (Å²) in [5.41, 5.74) is 6.26. The van der Waals surface area contributed by atoms with E-state index in [1.165, 1.54) is 11.1 Å². The zero-order valence-corrected chi connectivity index (χ0v) is 18.1. The van der Waals surface area contributed by atoms with Crippen LogP contribution in [-0.2, 0) is 7.05 Å². The Labute approximate surface area is 178 Å². The van der Waals surface area contributed by atoms with Crippen LogP contribution in [0.25, 0.3) is 17.0 Å². The third kappa shape index (κ3) is 3.90. The maximum atomic E-state index is 9.58. The first-order valence-electron chi connectivity index (χ1n) is 9.91. The Morgan fingerprint density at radius 1 is 1.27 bits per heavy atom. The SMILES string of the molecule is C=Cc1cc(C)c(C(C)C)cc1/C(=N/N=C)N(CC#N)c1ccc2c(ccn2C)c1. The molecule has 0 fully saturated rings. The van der Waals surface area contributed by atoms with Crippen LogP contribution in [0.2, 0.25) is 0 Å². The Morgan fingerprint density at radius 3 is 2.67 bits per heavy atom. The monoisotopic (exact) mass is 397 g/mol. The van der Waals surface area contributed by atoms with Gasteiger partial charge >= 0.3 is 0 Å². The summed E-state index contributed by atoms with van der Waals surface area (Å²) >= 11 is 0. The van der Waals surface area contributed by atoms with Crippen molar-refractivity contribution in [2.75, 3.05) is 11.4 Å². The van der Waals surface area contributed by atoms with Gasteiger partial charge in [-0.2, -0.15) is 10.4 Å². The first-order chi connectivity index (χ1) is 14.4. The molecule has 152 valence electrons. The van der Waals surface area contributed by atoms with E-state index in [0.29, 0.717) is 11.8 Å². The summed E-state index contributed by atoms with van der Waals surface area (Å²) in [6.07, 6.45) is 3.84. The van der Waals surface area contributed by atoms with E-state index < -0.39 is 0 Å². The van der Waals surface area contributed by atoms with Gasteiger partial charge in [-0.3, -0.25) is 0 Å². The Bertz CT molecular complexity index is 1170. The number of hydrogen-bond donors (Lipinski definition) is 0. The van der Waals surface area contributed by atoms with Crippen molar-refractivity contribution in [1.82, 2.24) is 4.57 Å². The maximum absolute atomic E-state index is 9.58. The third-order valence-electron chi connectivity index (χ3n) is 5.35. The van der Waals surface area contributed by atoms with E-state index in [0.717, 1.165) is 27.7 Å². The highest BCUT2D eigenvalue weighted by Crippen LogP contribution is 2.29. The molecule has 0 saturated heterocycles. The molecular formula is C25H27N5. The summed E-state index contributed by atoms with van der Waals surface area (Å²) in [7, 11) is 2.01. The molecule has 0 N–H and O–H groups in total. The van der Waals surface area contributed by atoms with E-state index in [-0.39, 0.29) is 6.54 Å². The molecule has 5 heteroatoms. The number of anilines is 1. The number of amidine groups is 1. The van der Waals surface area contributed by atoms with Crippen molar-refractivity contribution in [2.24, 2.45) is 17.3 Å². The molecule has 0 saturated carbocycles. The van der Waals surface area contributed by atoms with Crippen LogP contribution in [0, 0.1) is 18.3 Å². The molecular weight excluding hydrogens is 370 g/mol. The van der Waals surface area contributed by atoms with Crippen molar-refractivity contribution in [3.05, 3.63) is 71.4 Å². The van der Waals surface area contributed by atoms with Crippen molar-refractivity contribution in [2.45, 2.75) is 26.7 Å². The van der Waals surface area contributed by atoms with Crippen molar-refractivity contribution in [3.8, 4) is 6.07 Å². The molecule has 0 atom stereocenters. The highest BCUT2D eigenvalue weighted by molar-refractivity contribution is 6.12. The van der Waals surface area contributed by atoms with Crippen LogP contribution >= 0.6 is 0 Å². The number of benzene rings is 2. The minimum Gasteiger partial charge on any atom is -0.351 e. The topological polar surface area (TPSA) is 56.7 Å². The summed E-state index contributed by atoms with van der Waals surface area (Å²) in [5, 5.41) is 18.9. The quantitative estimate of drug-likeness (QED) is 0.234. The van der Waals surface area contributed by atoms with Crippen LogP contribution in [0.4, 0.5) is 5.69 Å². The van der Waals surface area contributed by atoms with Gasteiger partial charge in [0.1, 0.15) is 6.54 Å². The predicted octanol–water partition coefficient (Wildman–Crippen LogP) is 5.65. The lowest BCUT2D eigenvalue weighted by atomic mass is 9.91. The van der Waals surface area contributed by atoms with Crippen LogP contribution in [-0.4, -0.2) is 23.7 Å². The largest absolute Gasteiger partial charge is 0.351 e.